The van der Waals surface area contributed by atoms with Crippen LogP contribution in [0.5, 0.6) is 0 Å². The summed E-state index contributed by atoms with van der Waals surface area (Å²) >= 11 is 0. The summed E-state index contributed by atoms with van der Waals surface area (Å²) in [6.45, 7) is 0.111. The van der Waals surface area contributed by atoms with Gasteiger partial charge in [0.05, 0.1) is 19.0 Å². The van der Waals surface area contributed by atoms with Gasteiger partial charge in [0.25, 0.3) is 0 Å². The highest BCUT2D eigenvalue weighted by Crippen LogP contribution is 2.31. The van der Waals surface area contributed by atoms with Crippen molar-refractivity contribution in [3.63, 3.8) is 0 Å². The van der Waals surface area contributed by atoms with Gasteiger partial charge in [-0.1, -0.05) is 0 Å². The fourth-order valence-electron chi connectivity index (χ4n) is 2.14. The van der Waals surface area contributed by atoms with Gasteiger partial charge in [0.2, 0.25) is 0 Å². The Kier molecular flexibility index (Phi) is 2.98. The number of nitrogens with two attached hydrogens (primary N) is 2. The van der Waals surface area contributed by atoms with E-state index < -0.39 is 18.4 Å². The van der Waals surface area contributed by atoms with Crippen LogP contribution >= 0.6 is 0 Å². The van der Waals surface area contributed by atoms with E-state index in [0.29, 0.717) is 17.6 Å². The number of imidazole rings is 1. The van der Waals surface area contributed by atoms with E-state index in [4.69, 9.17) is 16.4 Å². The molecule has 1 aliphatic rings. The molecule has 1 fully saturated rings. The van der Waals surface area contributed by atoms with Crippen molar-refractivity contribution in [2.45, 2.75) is 24.9 Å². The van der Waals surface area contributed by atoms with E-state index in [1.165, 1.54) is 6.33 Å². The predicted molar refractivity (Wildman–Crippen MR) is 62.2 cm³/mol. The standard InChI is InChI=1S/C9H13N7O3/c10-8-7-9(14-15-13-8)16(3-12-7)6-1-4(17)5(19-6)2-18-11/h3-6,17H,1-2,11H2,(H2,10,13,14)/t4?,5-,6-/m1/s1. The van der Waals surface area contributed by atoms with Crippen LogP contribution in [0.4, 0.5) is 5.82 Å². The van der Waals surface area contributed by atoms with Crippen LogP contribution in [0.3, 0.4) is 0 Å². The molecule has 1 aliphatic heterocycles. The van der Waals surface area contributed by atoms with Crippen molar-refractivity contribution in [3.05, 3.63) is 6.33 Å². The number of fused-ring (bicyclic) bond motifs is 1. The van der Waals surface area contributed by atoms with Gasteiger partial charge >= 0.3 is 0 Å². The van der Waals surface area contributed by atoms with Gasteiger partial charge in [-0.2, -0.15) is 0 Å². The molecule has 3 rings (SSSR count). The van der Waals surface area contributed by atoms with E-state index in [1.54, 1.807) is 4.57 Å². The number of aliphatic hydroxyl groups is 1. The molecule has 0 spiro atoms. The maximum atomic E-state index is 9.85. The predicted octanol–water partition coefficient (Wildman–Crippen LogP) is -1.66. The van der Waals surface area contributed by atoms with Crippen molar-refractivity contribution in [2.75, 3.05) is 12.3 Å². The zero-order valence-electron chi connectivity index (χ0n) is 9.88. The second-order valence-electron chi connectivity index (χ2n) is 4.26. The number of aromatic nitrogens is 5. The molecule has 0 saturated carbocycles. The highest BCUT2D eigenvalue weighted by atomic mass is 16.6. The number of rotatable bonds is 3. The van der Waals surface area contributed by atoms with E-state index in [9.17, 15) is 5.11 Å². The summed E-state index contributed by atoms with van der Waals surface area (Å²) in [6.07, 6.45) is 0.332. The molecule has 102 valence electrons. The Morgan fingerprint density at radius 2 is 2.37 bits per heavy atom. The average Bonchev–Trinajstić information content (AvgIpc) is 2.95. The van der Waals surface area contributed by atoms with Crippen LogP contribution in [0, 0.1) is 0 Å². The molecule has 2 aromatic rings. The molecule has 0 radical (unpaired) electrons. The van der Waals surface area contributed by atoms with Gasteiger partial charge in [0.15, 0.2) is 17.0 Å². The first-order chi connectivity index (χ1) is 9.20. The monoisotopic (exact) mass is 267 g/mol. The van der Waals surface area contributed by atoms with Gasteiger partial charge in [-0.25, -0.2) is 10.9 Å². The van der Waals surface area contributed by atoms with Crippen LogP contribution < -0.4 is 11.6 Å². The minimum atomic E-state index is -0.668. The molecule has 10 nitrogen and oxygen atoms in total. The van der Waals surface area contributed by atoms with Crippen LogP contribution in [0.15, 0.2) is 6.33 Å². The first kappa shape index (κ1) is 12.2. The van der Waals surface area contributed by atoms with Crippen molar-refractivity contribution < 1.29 is 14.7 Å². The Bertz CT molecular complexity index is 588. The maximum Gasteiger partial charge on any atom is 0.190 e. The van der Waals surface area contributed by atoms with Crippen LogP contribution in [0.25, 0.3) is 11.2 Å². The van der Waals surface area contributed by atoms with Crippen molar-refractivity contribution in [3.8, 4) is 0 Å². The molecule has 1 saturated heterocycles. The molecule has 0 amide bonds. The molecule has 5 N–H and O–H groups in total. The second kappa shape index (κ2) is 4.66. The van der Waals surface area contributed by atoms with Crippen LogP contribution in [-0.2, 0) is 9.57 Å². The SMILES string of the molecule is NOC[C@H]1O[C@@H](n2cnc3c(N)nnnc32)CC1O. The molecule has 0 bridgehead atoms. The van der Waals surface area contributed by atoms with Gasteiger partial charge in [-0.05, 0) is 5.21 Å². The quantitative estimate of drug-likeness (QED) is 0.556. The van der Waals surface area contributed by atoms with Crippen molar-refractivity contribution in [1.29, 1.82) is 0 Å². The van der Waals surface area contributed by atoms with E-state index in [1.807, 2.05) is 0 Å². The van der Waals surface area contributed by atoms with Crippen molar-refractivity contribution >= 4 is 17.0 Å². The third-order valence-corrected chi connectivity index (χ3v) is 3.08. The largest absolute Gasteiger partial charge is 0.390 e. The maximum absolute atomic E-state index is 9.85. The summed E-state index contributed by atoms with van der Waals surface area (Å²) in [5.41, 5.74) is 6.56. The lowest BCUT2D eigenvalue weighted by atomic mass is 10.2. The van der Waals surface area contributed by atoms with Crippen LogP contribution in [0.2, 0.25) is 0 Å². The molecule has 0 aromatic carbocycles. The summed E-state index contributed by atoms with van der Waals surface area (Å²) in [4.78, 5) is 8.61. The highest BCUT2D eigenvalue weighted by molar-refractivity contribution is 5.80. The van der Waals surface area contributed by atoms with Crippen molar-refractivity contribution in [2.24, 2.45) is 5.90 Å². The molecule has 10 heteroatoms. The first-order valence-corrected chi connectivity index (χ1v) is 5.67. The number of hydrogen-bond acceptors (Lipinski definition) is 9. The number of hydrogen-bond donors (Lipinski definition) is 3. The van der Waals surface area contributed by atoms with Gasteiger partial charge in [0, 0.05) is 6.42 Å². The Hall–Kier alpha value is -1.88. The molecule has 19 heavy (non-hydrogen) atoms. The Labute approximate surface area is 107 Å². The topological polar surface area (TPSA) is 147 Å². The first-order valence-electron chi connectivity index (χ1n) is 5.67. The Morgan fingerprint density at radius 1 is 1.53 bits per heavy atom. The average molecular weight is 267 g/mol. The third kappa shape index (κ3) is 2.00. The fraction of sp³-hybridized carbons (Fsp3) is 0.556. The zero-order valence-corrected chi connectivity index (χ0v) is 9.88. The third-order valence-electron chi connectivity index (χ3n) is 3.08. The minimum absolute atomic E-state index is 0.111. The molecule has 3 heterocycles. The number of ether oxygens (including phenoxy) is 1. The van der Waals surface area contributed by atoms with Gasteiger partial charge in [0.1, 0.15) is 12.3 Å². The second-order valence-corrected chi connectivity index (χ2v) is 4.26. The molecule has 2 aromatic heterocycles. The number of anilines is 1. The summed E-state index contributed by atoms with van der Waals surface area (Å²) in [6, 6.07) is 0. The summed E-state index contributed by atoms with van der Waals surface area (Å²) in [5, 5.41) is 20.9. The Balaban J connectivity index is 1.91. The van der Waals surface area contributed by atoms with Crippen LogP contribution in [0.1, 0.15) is 12.6 Å². The molecule has 0 aliphatic carbocycles. The number of nitrogens with zero attached hydrogens (tertiary/aromatic N) is 5. The molecule has 1 unspecified atom stereocenters. The van der Waals surface area contributed by atoms with Crippen LogP contribution in [-0.4, -0.2) is 48.9 Å². The Morgan fingerprint density at radius 3 is 3.16 bits per heavy atom. The molecule has 3 atom stereocenters. The van der Waals surface area contributed by atoms with E-state index in [2.05, 4.69) is 25.2 Å². The number of aliphatic hydroxyl groups excluding tert-OH is 1. The highest BCUT2D eigenvalue weighted by Gasteiger charge is 2.36. The fourth-order valence-corrected chi connectivity index (χ4v) is 2.14. The summed E-state index contributed by atoms with van der Waals surface area (Å²) in [5.74, 6) is 5.19. The molecular formula is C9H13N7O3. The minimum Gasteiger partial charge on any atom is -0.390 e. The lowest BCUT2D eigenvalue weighted by molar-refractivity contribution is -0.0620. The normalized spacial score (nSPS) is 27.2. The zero-order chi connectivity index (χ0) is 13.4. The lowest BCUT2D eigenvalue weighted by Crippen LogP contribution is -2.27. The lowest BCUT2D eigenvalue weighted by Gasteiger charge is -2.14. The van der Waals surface area contributed by atoms with Gasteiger partial charge < -0.3 is 20.4 Å². The van der Waals surface area contributed by atoms with E-state index in [0.717, 1.165) is 0 Å². The summed E-state index contributed by atoms with van der Waals surface area (Å²) < 4.78 is 7.30. The number of nitrogen functional groups attached to an aromatic ring is 1. The van der Waals surface area contributed by atoms with E-state index in [-0.39, 0.29) is 12.4 Å². The van der Waals surface area contributed by atoms with E-state index >= 15 is 0 Å². The van der Waals surface area contributed by atoms with Gasteiger partial charge in [-0.15, -0.1) is 10.2 Å². The van der Waals surface area contributed by atoms with Crippen molar-refractivity contribution in [1.82, 2.24) is 25.0 Å². The summed E-state index contributed by atoms with van der Waals surface area (Å²) in [7, 11) is 0. The smallest absolute Gasteiger partial charge is 0.190 e. The van der Waals surface area contributed by atoms with Gasteiger partial charge in [-0.3, -0.25) is 4.57 Å². The molecular weight excluding hydrogens is 254 g/mol.